The van der Waals surface area contributed by atoms with Crippen molar-refractivity contribution >= 4 is 11.6 Å². The Bertz CT molecular complexity index is 1080. The molecule has 3 aromatic rings. The zero-order chi connectivity index (χ0) is 19.0. The summed E-state index contributed by atoms with van der Waals surface area (Å²) in [5.41, 5.74) is 0.697. The van der Waals surface area contributed by atoms with Crippen molar-refractivity contribution in [2.45, 2.75) is 38.5 Å². The predicted octanol–water partition coefficient (Wildman–Crippen LogP) is 1.32. The van der Waals surface area contributed by atoms with E-state index in [1.165, 1.54) is 6.07 Å². The first-order chi connectivity index (χ1) is 13.0. The largest absolute Gasteiger partial charge is 0.388 e. The van der Waals surface area contributed by atoms with Gasteiger partial charge in [-0.05, 0) is 30.5 Å². The zero-order valence-corrected chi connectivity index (χ0v) is 15.1. The highest BCUT2D eigenvalue weighted by molar-refractivity contribution is 6.30. The number of hydrogen-bond donors (Lipinski definition) is 1. The molecule has 0 amide bonds. The van der Waals surface area contributed by atoms with Crippen molar-refractivity contribution in [3.05, 3.63) is 79.2 Å². The van der Waals surface area contributed by atoms with Gasteiger partial charge in [-0.1, -0.05) is 28.9 Å². The van der Waals surface area contributed by atoms with E-state index in [4.69, 9.17) is 16.1 Å². The van der Waals surface area contributed by atoms with Crippen LogP contribution in [0.1, 0.15) is 35.5 Å². The van der Waals surface area contributed by atoms with Crippen LogP contribution in [0.15, 0.2) is 44.4 Å². The van der Waals surface area contributed by atoms with Crippen molar-refractivity contribution in [3.8, 4) is 0 Å². The molecule has 2 aromatic heterocycles. The third kappa shape index (κ3) is 3.58. The summed E-state index contributed by atoms with van der Waals surface area (Å²) in [5, 5.41) is 14.7. The van der Waals surface area contributed by atoms with Gasteiger partial charge in [-0.3, -0.25) is 13.9 Å². The SMILES string of the molecule is O=c1cc2n(c(=O)n1Cc1nc(C[C@H](O)c3ccc(Cl)cc3)no1)CCC2. The van der Waals surface area contributed by atoms with Crippen LogP contribution >= 0.6 is 11.6 Å². The molecule has 1 aliphatic rings. The standard InChI is InChI=1S/C18H17ClN4O4/c19-12-5-3-11(4-6-12)14(24)9-15-20-16(27-21-15)10-23-17(25)8-13-2-1-7-22(13)18(23)26/h3-6,8,14,24H,1-2,7,9-10H2/t14-/m0/s1. The number of hydrogen-bond acceptors (Lipinski definition) is 6. The maximum Gasteiger partial charge on any atom is 0.331 e. The molecule has 0 bridgehead atoms. The summed E-state index contributed by atoms with van der Waals surface area (Å²) >= 11 is 5.84. The van der Waals surface area contributed by atoms with Gasteiger partial charge in [0, 0.05) is 29.7 Å². The van der Waals surface area contributed by atoms with Crippen molar-refractivity contribution < 1.29 is 9.63 Å². The van der Waals surface area contributed by atoms with Crippen molar-refractivity contribution in [3.63, 3.8) is 0 Å². The minimum Gasteiger partial charge on any atom is -0.388 e. The number of nitrogens with zero attached hydrogens (tertiary/aromatic N) is 4. The molecule has 0 saturated heterocycles. The summed E-state index contributed by atoms with van der Waals surface area (Å²) < 4.78 is 7.84. The second-order valence-electron chi connectivity index (χ2n) is 6.47. The highest BCUT2D eigenvalue weighted by atomic mass is 35.5. The fourth-order valence-corrected chi connectivity index (χ4v) is 3.35. The maximum absolute atomic E-state index is 12.5. The highest BCUT2D eigenvalue weighted by Gasteiger charge is 2.19. The quantitative estimate of drug-likeness (QED) is 0.707. The minimum absolute atomic E-state index is 0.0953. The van der Waals surface area contributed by atoms with Crippen LogP contribution in [0.5, 0.6) is 0 Å². The lowest BCUT2D eigenvalue weighted by Crippen LogP contribution is -2.39. The molecular weight excluding hydrogens is 372 g/mol. The van der Waals surface area contributed by atoms with E-state index < -0.39 is 6.10 Å². The second-order valence-corrected chi connectivity index (χ2v) is 6.91. The molecule has 0 spiro atoms. The van der Waals surface area contributed by atoms with Crippen molar-refractivity contribution in [1.29, 1.82) is 0 Å². The van der Waals surface area contributed by atoms with Gasteiger partial charge in [0.05, 0.1) is 6.10 Å². The lowest BCUT2D eigenvalue weighted by atomic mass is 10.1. The van der Waals surface area contributed by atoms with E-state index in [9.17, 15) is 14.7 Å². The van der Waals surface area contributed by atoms with E-state index in [0.29, 0.717) is 23.0 Å². The Balaban J connectivity index is 1.51. The van der Waals surface area contributed by atoms with E-state index in [0.717, 1.165) is 23.1 Å². The third-order valence-electron chi connectivity index (χ3n) is 4.61. The van der Waals surface area contributed by atoms with Gasteiger partial charge < -0.3 is 9.63 Å². The van der Waals surface area contributed by atoms with Crippen LogP contribution in [0.25, 0.3) is 0 Å². The monoisotopic (exact) mass is 388 g/mol. The molecule has 8 nitrogen and oxygen atoms in total. The average molecular weight is 389 g/mol. The Morgan fingerprint density at radius 3 is 2.81 bits per heavy atom. The van der Waals surface area contributed by atoms with Gasteiger partial charge in [0.15, 0.2) is 5.82 Å². The first-order valence-corrected chi connectivity index (χ1v) is 8.97. The van der Waals surface area contributed by atoms with Gasteiger partial charge in [-0.15, -0.1) is 0 Å². The average Bonchev–Trinajstić information content (AvgIpc) is 3.28. The van der Waals surface area contributed by atoms with Gasteiger partial charge in [-0.25, -0.2) is 4.79 Å². The Labute approximate surface area is 158 Å². The van der Waals surface area contributed by atoms with Crippen LogP contribution in [0.4, 0.5) is 0 Å². The fourth-order valence-electron chi connectivity index (χ4n) is 3.22. The van der Waals surface area contributed by atoms with Crippen molar-refractivity contribution in [2.75, 3.05) is 0 Å². The molecule has 9 heteroatoms. The maximum atomic E-state index is 12.5. The van der Waals surface area contributed by atoms with E-state index in [1.54, 1.807) is 28.8 Å². The zero-order valence-electron chi connectivity index (χ0n) is 14.3. The number of aryl methyl sites for hydroxylation is 1. The van der Waals surface area contributed by atoms with E-state index in [1.807, 2.05) is 0 Å². The molecule has 1 aromatic carbocycles. The van der Waals surface area contributed by atoms with Gasteiger partial charge in [-0.2, -0.15) is 4.98 Å². The van der Waals surface area contributed by atoms with Gasteiger partial charge >= 0.3 is 5.69 Å². The number of aliphatic hydroxyl groups is 1. The lowest BCUT2D eigenvalue weighted by Gasteiger charge is -2.08. The molecule has 1 atom stereocenters. The predicted molar refractivity (Wildman–Crippen MR) is 96.8 cm³/mol. The summed E-state index contributed by atoms with van der Waals surface area (Å²) in [6, 6.07) is 8.30. The van der Waals surface area contributed by atoms with Crippen LogP contribution in [0, 0.1) is 0 Å². The third-order valence-corrected chi connectivity index (χ3v) is 4.87. The number of benzene rings is 1. The van der Waals surface area contributed by atoms with Gasteiger partial charge in [0.25, 0.3) is 5.56 Å². The molecule has 0 radical (unpaired) electrons. The molecule has 27 heavy (non-hydrogen) atoms. The Hall–Kier alpha value is -2.71. The molecule has 1 N–H and O–H groups in total. The smallest absolute Gasteiger partial charge is 0.331 e. The normalized spacial score (nSPS) is 14.3. The second kappa shape index (κ2) is 7.13. The number of halogens is 1. The summed E-state index contributed by atoms with van der Waals surface area (Å²) in [4.78, 5) is 28.9. The summed E-state index contributed by atoms with van der Waals surface area (Å²) in [5.74, 6) is 0.438. The summed E-state index contributed by atoms with van der Waals surface area (Å²) in [6.45, 7) is 0.513. The van der Waals surface area contributed by atoms with E-state index in [2.05, 4.69) is 10.1 Å². The van der Waals surface area contributed by atoms with E-state index in [-0.39, 0.29) is 30.1 Å². The van der Waals surface area contributed by atoms with Crippen LogP contribution in [-0.2, 0) is 25.9 Å². The molecule has 0 fully saturated rings. The molecule has 0 aliphatic carbocycles. The molecule has 140 valence electrons. The summed E-state index contributed by atoms with van der Waals surface area (Å²) in [6.07, 6.45) is 0.911. The molecule has 0 unspecified atom stereocenters. The first-order valence-electron chi connectivity index (χ1n) is 8.60. The van der Waals surface area contributed by atoms with Crippen LogP contribution < -0.4 is 11.2 Å². The molecule has 1 aliphatic heterocycles. The number of aromatic nitrogens is 4. The molecular formula is C18H17ClN4O4. The Morgan fingerprint density at radius 1 is 1.26 bits per heavy atom. The topological polar surface area (TPSA) is 103 Å². The number of aliphatic hydroxyl groups excluding tert-OH is 1. The number of rotatable bonds is 5. The van der Waals surface area contributed by atoms with Gasteiger partial charge in [0.1, 0.15) is 6.54 Å². The van der Waals surface area contributed by atoms with Crippen LogP contribution in [0.2, 0.25) is 5.02 Å². The van der Waals surface area contributed by atoms with E-state index >= 15 is 0 Å². The summed E-state index contributed by atoms with van der Waals surface area (Å²) in [7, 11) is 0. The Kier molecular flexibility index (Phi) is 4.67. The molecule has 4 rings (SSSR count). The Morgan fingerprint density at radius 2 is 2.04 bits per heavy atom. The molecule has 0 saturated carbocycles. The highest BCUT2D eigenvalue weighted by Crippen LogP contribution is 2.19. The lowest BCUT2D eigenvalue weighted by molar-refractivity contribution is 0.174. The number of fused-ring (bicyclic) bond motifs is 1. The van der Waals surface area contributed by atoms with Gasteiger partial charge in [0.2, 0.25) is 5.89 Å². The van der Waals surface area contributed by atoms with Crippen LogP contribution in [-0.4, -0.2) is 24.4 Å². The van der Waals surface area contributed by atoms with Crippen LogP contribution in [0.3, 0.4) is 0 Å². The van der Waals surface area contributed by atoms with Crippen molar-refractivity contribution in [1.82, 2.24) is 19.3 Å². The van der Waals surface area contributed by atoms with Crippen molar-refractivity contribution in [2.24, 2.45) is 0 Å². The molecule has 3 heterocycles. The first kappa shape index (κ1) is 17.7. The fraction of sp³-hybridized carbons (Fsp3) is 0.333. The minimum atomic E-state index is -0.818.